The first kappa shape index (κ1) is 22.7. The van der Waals surface area contributed by atoms with Gasteiger partial charge in [-0.25, -0.2) is 14.4 Å². The maximum absolute atomic E-state index is 13.6. The number of benzene rings is 2. The van der Waals surface area contributed by atoms with Gasteiger partial charge in [0.25, 0.3) is 5.91 Å². The molecule has 7 heteroatoms. The van der Waals surface area contributed by atoms with Gasteiger partial charge in [0.15, 0.2) is 0 Å². The molecule has 0 atom stereocenters. The lowest BCUT2D eigenvalue weighted by Crippen LogP contribution is -2.49. The topological polar surface area (TPSA) is 58.6 Å². The Hall–Kier alpha value is -3.48. The maximum Gasteiger partial charge on any atom is 0.254 e. The first-order valence-electron chi connectivity index (χ1n) is 11.3. The Morgan fingerprint density at radius 2 is 1.79 bits per heavy atom. The maximum atomic E-state index is 13.6. The van der Waals surface area contributed by atoms with E-state index < -0.39 is 5.82 Å². The minimum Gasteiger partial charge on any atom is -0.497 e. The zero-order valence-electron chi connectivity index (χ0n) is 19.3. The smallest absolute Gasteiger partial charge is 0.254 e. The van der Waals surface area contributed by atoms with Gasteiger partial charge in [-0.1, -0.05) is 25.1 Å². The fraction of sp³-hybridized carbons (Fsp3) is 0.346. The normalized spacial score (nSPS) is 13.8. The number of rotatable bonds is 6. The molecule has 0 spiro atoms. The van der Waals surface area contributed by atoms with E-state index in [1.54, 1.807) is 24.1 Å². The fourth-order valence-electron chi connectivity index (χ4n) is 4.25. The van der Waals surface area contributed by atoms with Gasteiger partial charge in [-0.15, -0.1) is 0 Å². The van der Waals surface area contributed by atoms with E-state index in [1.165, 1.54) is 17.7 Å². The van der Waals surface area contributed by atoms with Crippen molar-refractivity contribution in [2.45, 2.75) is 26.7 Å². The molecule has 0 bridgehead atoms. The number of ether oxygens (including phenoxy) is 1. The van der Waals surface area contributed by atoms with Crippen molar-refractivity contribution in [2.24, 2.45) is 0 Å². The van der Waals surface area contributed by atoms with Crippen LogP contribution in [0.4, 0.5) is 10.2 Å². The zero-order valence-corrected chi connectivity index (χ0v) is 19.3. The molecule has 2 aromatic carbocycles. The molecule has 4 rings (SSSR count). The Morgan fingerprint density at radius 1 is 1.06 bits per heavy atom. The molecule has 0 radical (unpaired) electrons. The molecule has 1 aromatic heterocycles. The zero-order chi connectivity index (χ0) is 23.4. The van der Waals surface area contributed by atoms with E-state index in [1.807, 2.05) is 19.1 Å². The van der Waals surface area contributed by atoms with Gasteiger partial charge in [0.1, 0.15) is 23.2 Å². The molecule has 172 valence electrons. The molecule has 0 saturated carbocycles. The summed E-state index contributed by atoms with van der Waals surface area (Å²) < 4.78 is 18.8. The average molecular weight is 449 g/mol. The first-order chi connectivity index (χ1) is 16.0. The van der Waals surface area contributed by atoms with E-state index >= 15 is 0 Å². The molecule has 6 nitrogen and oxygen atoms in total. The van der Waals surface area contributed by atoms with E-state index in [4.69, 9.17) is 14.7 Å². The van der Waals surface area contributed by atoms with E-state index in [2.05, 4.69) is 24.0 Å². The number of hydrogen-bond donors (Lipinski definition) is 0. The van der Waals surface area contributed by atoms with Gasteiger partial charge in [0, 0.05) is 49.4 Å². The minimum absolute atomic E-state index is 0.138. The van der Waals surface area contributed by atoms with Crippen molar-refractivity contribution in [1.29, 1.82) is 0 Å². The quantitative estimate of drug-likeness (QED) is 0.570. The predicted octanol–water partition coefficient (Wildman–Crippen LogP) is 4.05. The van der Waals surface area contributed by atoms with Crippen LogP contribution in [0.25, 0.3) is 0 Å². The van der Waals surface area contributed by atoms with Gasteiger partial charge < -0.3 is 14.5 Å². The lowest BCUT2D eigenvalue weighted by atomic mass is 10.0. The number of aromatic nitrogens is 2. The second-order valence-electron chi connectivity index (χ2n) is 8.19. The predicted molar refractivity (Wildman–Crippen MR) is 126 cm³/mol. The van der Waals surface area contributed by atoms with E-state index in [0.717, 1.165) is 41.5 Å². The van der Waals surface area contributed by atoms with Crippen LogP contribution in [0.3, 0.4) is 0 Å². The van der Waals surface area contributed by atoms with Crippen LogP contribution in [0, 0.1) is 12.7 Å². The molecule has 2 heterocycles. The van der Waals surface area contributed by atoms with E-state index in [0.29, 0.717) is 31.7 Å². The van der Waals surface area contributed by atoms with Crippen molar-refractivity contribution in [1.82, 2.24) is 14.9 Å². The summed E-state index contributed by atoms with van der Waals surface area (Å²) in [6, 6.07) is 13.9. The third-order valence-electron chi connectivity index (χ3n) is 6.00. The monoisotopic (exact) mass is 448 g/mol. The third kappa shape index (κ3) is 5.13. The molecule has 1 fully saturated rings. The van der Waals surface area contributed by atoms with Gasteiger partial charge in [-0.3, -0.25) is 4.79 Å². The van der Waals surface area contributed by atoms with Crippen LogP contribution in [-0.4, -0.2) is 54.1 Å². The highest BCUT2D eigenvalue weighted by molar-refractivity contribution is 5.94. The van der Waals surface area contributed by atoms with Crippen LogP contribution in [0.2, 0.25) is 0 Å². The summed E-state index contributed by atoms with van der Waals surface area (Å²) in [5.41, 5.74) is 3.72. The van der Waals surface area contributed by atoms with Gasteiger partial charge in [-0.05, 0) is 49.2 Å². The summed E-state index contributed by atoms with van der Waals surface area (Å²) >= 11 is 0. The number of anilines is 1. The van der Waals surface area contributed by atoms with Gasteiger partial charge in [0.2, 0.25) is 0 Å². The van der Waals surface area contributed by atoms with Gasteiger partial charge in [-0.2, -0.15) is 0 Å². The molecule has 1 amide bonds. The Bertz CT molecular complexity index is 1130. The number of nitrogens with zero attached hydrogens (tertiary/aromatic N) is 4. The summed E-state index contributed by atoms with van der Waals surface area (Å²) in [4.78, 5) is 26.4. The van der Waals surface area contributed by atoms with E-state index in [-0.39, 0.29) is 5.91 Å². The van der Waals surface area contributed by atoms with Crippen molar-refractivity contribution >= 4 is 11.7 Å². The molecule has 1 aliphatic heterocycles. The number of amides is 1. The summed E-state index contributed by atoms with van der Waals surface area (Å²) in [7, 11) is 1.66. The Balaban J connectivity index is 1.55. The standard InChI is InChI=1S/C26H29FN4O2/c1-4-24-23(16-19-8-10-22(33-3)11-9-19)25(29-18(2)28-24)30-12-14-31(15-13-30)26(32)20-6-5-7-21(27)17-20/h5-11,17H,4,12-16H2,1-3H3. The molecular weight excluding hydrogens is 419 g/mol. The molecule has 0 N–H and O–H groups in total. The highest BCUT2D eigenvalue weighted by Gasteiger charge is 2.26. The number of piperazine rings is 1. The van der Waals surface area contributed by atoms with Crippen molar-refractivity contribution in [3.8, 4) is 5.75 Å². The number of methoxy groups -OCH3 is 1. The summed E-state index contributed by atoms with van der Waals surface area (Å²) in [6.07, 6.45) is 1.55. The largest absolute Gasteiger partial charge is 0.497 e. The highest BCUT2D eigenvalue weighted by Crippen LogP contribution is 2.27. The number of aryl methyl sites for hydroxylation is 2. The lowest BCUT2D eigenvalue weighted by Gasteiger charge is -2.36. The van der Waals surface area contributed by atoms with Crippen molar-refractivity contribution in [3.05, 3.63) is 82.6 Å². The van der Waals surface area contributed by atoms with Crippen LogP contribution in [0.1, 0.15) is 39.9 Å². The van der Waals surface area contributed by atoms with Crippen molar-refractivity contribution < 1.29 is 13.9 Å². The van der Waals surface area contributed by atoms with E-state index in [9.17, 15) is 9.18 Å². The number of carbonyl (C=O) groups is 1. The molecule has 1 saturated heterocycles. The van der Waals surface area contributed by atoms with Crippen LogP contribution in [-0.2, 0) is 12.8 Å². The fourth-order valence-corrected chi connectivity index (χ4v) is 4.25. The average Bonchev–Trinajstić information content (AvgIpc) is 2.85. The second-order valence-corrected chi connectivity index (χ2v) is 8.19. The molecule has 33 heavy (non-hydrogen) atoms. The molecule has 3 aromatic rings. The van der Waals surface area contributed by atoms with Crippen LogP contribution in [0.15, 0.2) is 48.5 Å². The molecular formula is C26H29FN4O2. The third-order valence-corrected chi connectivity index (χ3v) is 6.00. The Kier molecular flexibility index (Phi) is 6.87. The van der Waals surface area contributed by atoms with Crippen LogP contribution < -0.4 is 9.64 Å². The highest BCUT2D eigenvalue weighted by atomic mass is 19.1. The van der Waals surface area contributed by atoms with Crippen molar-refractivity contribution in [3.63, 3.8) is 0 Å². The molecule has 0 aliphatic carbocycles. The molecule has 1 aliphatic rings. The number of halogens is 1. The summed E-state index contributed by atoms with van der Waals surface area (Å²) in [5, 5.41) is 0. The second kappa shape index (κ2) is 9.98. The Labute approximate surface area is 194 Å². The van der Waals surface area contributed by atoms with Gasteiger partial charge >= 0.3 is 0 Å². The molecule has 0 unspecified atom stereocenters. The van der Waals surface area contributed by atoms with Gasteiger partial charge in [0.05, 0.1) is 7.11 Å². The minimum atomic E-state index is -0.397. The summed E-state index contributed by atoms with van der Waals surface area (Å²) in [5.74, 6) is 1.98. The first-order valence-corrected chi connectivity index (χ1v) is 11.3. The summed E-state index contributed by atoms with van der Waals surface area (Å²) in [6.45, 7) is 6.47. The van der Waals surface area contributed by atoms with Crippen LogP contribution in [0.5, 0.6) is 5.75 Å². The Morgan fingerprint density at radius 3 is 2.42 bits per heavy atom. The number of carbonyl (C=O) groups excluding carboxylic acids is 1. The van der Waals surface area contributed by atoms with Crippen molar-refractivity contribution in [2.75, 3.05) is 38.2 Å². The lowest BCUT2D eigenvalue weighted by molar-refractivity contribution is 0.0746. The van der Waals surface area contributed by atoms with Crippen LogP contribution >= 0.6 is 0 Å². The SMILES string of the molecule is CCc1nc(C)nc(N2CCN(C(=O)c3cccc(F)c3)CC2)c1Cc1ccc(OC)cc1. The number of hydrogen-bond acceptors (Lipinski definition) is 5.